The number of carbonyl (C=O) groups is 1. The Labute approximate surface area is 227 Å². The number of sulfonamides is 1. The van der Waals surface area contributed by atoms with Crippen molar-refractivity contribution in [2.24, 2.45) is 0 Å². The first kappa shape index (κ1) is 27.6. The van der Waals surface area contributed by atoms with Gasteiger partial charge in [-0.25, -0.2) is 13.4 Å². The lowest BCUT2D eigenvalue weighted by Crippen LogP contribution is -2.34. The van der Waals surface area contributed by atoms with Crippen LogP contribution in [0.5, 0.6) is 5.75 Å². The number of hydrogen-bond acceptors (Lipinski definition) is 7. The van der Waals surface area contributed by atoms with Crippen LogP contribution in [0.4, 0.5) is 10.8 Å². The van der Waals surface area contributed by atoms with Crippen LogP contribution in [0.1, 0.15) is 27.9 Å². The van der Waals surface area contributed by atoms with E-state index in [1.807, 2.05) is 27.1 Å². The number of aryl methyl sites for hydroxylation is 2. The minimum absolute atomic E-state index is 0.0697. The van der Waals surface area contributed by atoms with Crippen LogP contribution in [0.25, 0.3) is 10.2 Å². The van der Waals surface area contributed by atoms with Crippen LogP contribution in [0.15, 0.2) is 65.6 Å². The zero-order chi connectivity index (χ0) is 27.4. The first-order chi connectivity index (χ1) is 18.1. The molecule has 38 heavy (non-hydrogen) atoms. The zero-order valence-corrected chi connectivity index (χ0v) is 23.8. The zero-order valence-electron chi connectivity index (χ0n) is 22.2. The second-order valence-corrected chi connectivity index (χ2v) is 12.0. The lowest BCUT2D eigenvalue weighted by atomic mass is 10.1. The number of methoxy groups -OCH3 is 1. The van der Waals surface area contributed by atoms with E-state index < -0.39 is 10.0 Å². The standard InChI is InChI=1S/C28H32N4O4S2/c1-19-17-25-26(18-20(19)2)37-28(29-25)32(16-8-15-31(3)4)27(33)23-9-6-7-10-24(23)30-38(34,35)22-13-11-21(36-5)12-14-22/h6-7,9-14,17-18,30H,8,15-16H2,1-5H3. The molecule has 1 aromatic heterocycles. The highest BCUT2D eigenvalue weighted by atomic mass is 32.2. The summed E-state index contributed by atoms with van der Waals surface area (Å²) < 4.78 is 35.0. The molecule has 0 fully saturated rings. The van der Waals surface area contributed by atoms with Gasteiger partial charge in [-0.1, -0.05) is 23.5 Å². The van der Waals surface area contributed by atoms with Crippen molar-refractivity contribution < 1.29 is 17.9 Å². The molecule has 0 spiro atoms. The van der Waals surface area contributed by atoms with Gasteiger partial charge in [-0.2, -0.15) is 0 Å². The van der Waals surface area contributed by atoms with Crippen LogP contribution in [0.3, 0.4) is 0 Å². The number of hydrogen-bond donors (Lipinski definition) is 1. The molecule has 10 heteroatoms. The van der Waals surface area contributed by atoms with E-state index in [0.29, 0.717) is 17.4 Å². The third kappa shape index (κ3) is 6.15. The fourth-order valence-corrected chi connectivity index (χ4v) is 6.12. The van der Waals surface area contributed by atoms with Crippen molar-refractivity contribution in [3.8, 4) is 5.75 Å². The summed E-state index contributed by atoms with van der Waals surface area (Å²) in [5, 5.41) is 0.585. The van der Waals surface area contributed by atoms with Gasteiger partial charge in [0.15, 0.2) is 5.13 Å². The summed E-state index contributed by atoms with van der Waals surface area (Å²) in [6.45, 7) is 5.32. The molecular formula is C28H32N4O4S2. The summed E-state index contributed by atoms with van der Waals surface area (Å²) in [4.78, 5) is 22.6. The summed E-state index contributed by atoms with van der Waals surface area (Å²) >= 11 is 1.46. The number of para-hydroxylation sites is 1. The number of nitrogens with zero attached hydrogens (tertiary/aromatic N) is 3. The van der Waals surface area contributed by atoms with E-state index in [0.717, 1.165) is 34.3 Å². The normalized spacial score (nSPS) is 11.6. The van der Waals surface area contributed by atoms with E-state index >= 15 is 0 Å². The van der Waals surface area contributed by atoms with E-state index in [-0.39, 0.29) is 22.1 Å². The molecule has 1 N–H and O–H groups in total. The summed E-state index contributed by atoms with van der Waals surface area (Å²) in [6.07, 6.45) is 0.729. The van der Waals surface area contributed by atoms with Crippen LogP contribution in [-0.2, 0) is 10.0 Å². The van der Waals surface area contributed by atoms with E-state index in [4.69, 9.17) is 9.72 Å². The van der Waals surface area contributed by atoms with Gasteiger partial charge in [0.05, 0.1) is 33.5 Å². The van der Waals surface area contributed by atoms with Gasteiger partial charge in [-0.05, 0) is 101 Å². The van der Waals surface area contributed by atoms with Crippen LogP contribution in [0.2, 0.25) is 0 Å². The highest BCUT2D eigenvalue weighted by molar-refractivity contribution is 7.92. The smallest absolute Gasteiger partial charge is 0.262 e. The number of benzene rings is 3. The molecule has 0 unspecified atom stereocenters. The molecule has 0 aliphatic rings. The molecule has 8 nitrogen and oxygen atoms in total. The monoisotopic (exact) mass is 552 g/mol. The molecule has 3 aromatic carbocycles. The molecule has 0 saturated heterocycles. The molecule has 0 aliphatic heterocycles. The van der Waals surface area contributed by atoms with Crippen molar-refractivity contribution in [2.75, 3.05) is 43.9 Å². The summed E-state index contributed by atoms with van der Waals surface area (Å²) in [7, 11) is 1.55. The number of nitrogens with one attached hydrogen (secondary N) is 1. The largest absolute Gasteiger partial charge is 0.497 e. The summed E-state index contributed by atoms with van der Waals surface area (Å²) in [5.41, 5.74) is 3.60. The third-order valence-corrected chi connectivity index (χ3v) is 8.65. The Morgan fingerprint density at radius 1 is 1.00 bits per heavy atom. The van der Waals surface area contributed by atoms with E-state index in [2.05, 4.69) is 22.6 Å². The Balaban J connectivity index is 1.69. The van der Waals surface area contributed by atoms with Gasteiger partial charge in [-0.3, -0.25) is 14.4 Å². The number of aromatic nitrogens is 1. The fraction of sp³-hybridized carbons (Fsp3) is 0.286. The molecule has 0 atom stereocenters. The first-order valence-corrected chi connectivity index (χ1v) is 14.5. The van der Waals surface area contributed by atoms with Gasteiger partial charge >= 0.3 is 0 Å². The number of carbonyl (C=O) groups excluding carboxylic acids is 1. The number of ether oxygens (including phenoxy) is 1. The molecule has 0 aliphatic carbocycles. The summed E-state index contributed by atoms with van der Waals surface area (Å²) in [5.74, 6) is 0.235. The van der Waals surface area contributed by atoms with Crippen molar-refractivity contribution in [1.82, 2.24) is 9.88 Å². The van der Waals surface area contributed by atoms with Crippen LogP contribution < -0.4 is 14.4 Å². The molecular weight excluding hydrogens is 520 g/mol. The van der Waals surface area contributed by atoms with E-state index in [1.54, 1.807) is 41.3 Å². The van der Waals surface area contributed by atoms with Gasteiger partial charge in [0.25, 0.3) is 15.9 Å². The molecule has 4 rings (SSSR count). The molecule has 1 heterocycles. The third-order valence-electron chi connectivity index (χ3n) is 6.23. The second kappa shape index (κ2) is 11.5. The maximum absolute atomic E-state index is 14.0. The number of rotatable bonds is 10. The molecule has 0 bridgehead atoms. The first-order valence-electron chi connectivity index (χ1n) is 12.2. The molecule has 0 radical (unpaired) electrons. The average molecular weight is 553 g/mol. The molecule has 1 amide bonds. The summed E-state index contributed by atoms with van der Waals surface area (Å²) in [6, 6.07) is 16.9. The van der Waals surface area contributed by atoms with E-state index in [9.17, 15) is 13.2 Å². The minimum Gasteiger partial charge on any atom is -0.497 e. The van der Waals surface area contributed by atoms with Gasteiger partial charge in [0.2, 0.25) is 0 Å². The van der Waals surface area contributed by atoms with Gasteiger partial charge in [0.1, 0.15) is 5.75 Å². The van der Waals surface area contributed by atoms with Gasteiger partial charge in [0, 0.05) is 6.54 Å². The number of amides is 1. The molecule has 0 saturated carbocycles. The quantitative estimate of drug-likeness (QED) is 0.286. The average Bonchev–Trinajstić information content (AvgIpc) is 3.28. The Morgan fingerprint density at radius 3 is 2.37 bits per heavy atom. The van der Waals surface area contributed by atoms with Crippen molar-refractivity contribution in [2.45, 2.75) is 25.2 Å². The lowest BCUT2D eigenvalue weighted by molar-refractivity contribution is 0.0987. The van der Waals surface area contributed by atoms with Crippen molar-refractivity contribution >= 4 is 48.3 Å². The minimum atomic E-state index is -3.94. The SMILES string of the molecule is COc1ccc(S(=O)(=O)Nc2ccccc2C(=O)N(CCCN(C)C)c2nc3cc(C)c(C)cc3s2)cc1. The Bertz CT molecular complexity index is 1510. The van der Waals surface area contributed by atoms with Crippen LogP contribution in [0, 0.1) is 13.8 Å². The predicted octanol–water partition coefficient (Wildman–Crippen LogP) is 5.32. The number of thiazole rings is 1. The van der Waals surface area contributed by atoms with E-state index in [1.165, 1.54) is 30.6 Å². The number of fused-ring (bicyclic) bond motifs is 1. The van der Waals surface area contributed by atoms with Crippen LogP contribution >= 0.6 is 11.3 Å². The fourth-order valence-electron chi connectivity index (χ4n) is 3.97. The Morgan fingerprint density at radius 2 is 1.68 bits per heavy atom. The maximum atomic E-state index is 14.0. The van der Waals surface area contributed by atoms with Gasteiger partial charge in [-0.15, -0.1) is 0 Å². The Hall–Kier alpha value is -3.47. The highest BCUT2D eigenvalue weighted by Crippen LogP contribution is 2.33. The number of anilines is 2. The maximum Gasteiger partial charge on any atom is 0.262 e. The highest BCUT2D eigenvalue weighted by Gasteiger charge is 2.25. The molecule has 4 aromatic rings. The van der Waals surface area contributed by atoms with Crippen LogP contribution in [-0.4, -0.2) is 58.5 Å². The topological polar surface area (TPSA) is 91.8 Å². The molecule has 200 valence electrons. The lowest BCUT2D eigenvalue weighted by Gasteiger charge is -2.22. The second-order valence-electron chi connectivity index (χ2n) is 9.34. The predicted molar refractivity (Wildman–Crippen MR) is 154 cm³/mol. The Kier molecular flexibility index (Phi) is 8.35. The van der Waals surface area contributed by atoms with Crippen molar-refractivity contribution in [1.29, 1.82) is 0 Å². The van der Waals surface area contributed by atoms with Crippen molar-refractivity contribution in [3.05, 3.63) is 77.4 Å². The van der Waals surface area contributed by atoms with Crippen molar-refractivity contribution in [3.63, 3.8) is 0 Å². The van der Waals surface area contributed by atoms with Gasteiger partial charge < -0.3 is 9.64 Å².